The predicted molar refractivity (Wildman–Crippen MR) is 80.3 cm³/mol. The van der Waals surface area contributed by atoms with Crippen molar-refractivity contribution in [2.45, 2.75) is 20.3 Å². The quantitative estimate of drug-likeness (QED) is 0.261. The van der Waals surface area contributed by atoms with E-state index in [4.69, 9.17) is 0 Å². The average Bonchev–Trinajstić information content (AvgIpc) is 2.56. The third-order valence-corrected chi connectivity index (χ3v) is 1.78. The van der Waals surface area contributed by atoms with E-state index in [0.717, 1.165) is 4.90 Å². The smallest absolute Gasteiger partial charge is 0.229 e. The van der Waals surface area contributed by atoms with Crippen LogP contribution in [0.3, 0.4) is 0 Å². The molecule has 11 heteroatoms. The van der Waals surface area contributed by atoms with Gasteiger partial charge in [0.25, 0.3) is 0 Å². The molecule has 0 heterocycles. The summed E-state index contributed by atoms with van der Waals surface area (Å²) in [6, 6.07) is 0. The fraction of sp³-hybridized carbons (Fsp3) is 0.538. The molecule has 1 radical (unpaired) electrons. The predicted octanol–water partition coefficient (Wildman–Crippen LogP) is -2.25. The molecule has 135 valence electrons. The molecular formula is C13H20N4O6Y-4. The Balaban J connectivity index is -0.000000127. The van der Waals surface area contributed by atoms with Crippen molar-refractivity contribution in [3.63, 3.8) is 0 Å². The van der Waals surface area contributed by atoms with E-state index in [1.807, 2.05) is 6.92 Å². The van der Waals surface area contributed by atoms with Crippen LogP contribution in [0, 0.1) is 0 Å². The van der Waals surface area contributed by atoms with Crippen LogP contribution in [0.2, 0.25) is 0 Å². The third kappa shape index (κ3) is 25.3. The largest absolute Gasteiger partial charge is 0.639 e. The van der Waals surface area contributed by atoms with E-state index in [-0.39, 0.29) is 50.9 Å². The Hall–Kier alpha value is -1.68. The molecule has 0 fully saturated rings. The van der Waals surface area contributed by atoms with Gasteiger partial charge in [-0.15, -0.1) is 0 Å². The molecule has 0 saturated carbocycles. The molecular weight excluding hydrogens is 397 g/mol. The normalized spacial score (nSPS) is 7.50. The Kier molecular flexibility index (Phi) is 29.7. The van der Waals surface area contributed by atoms with Crippen LogP contribution < -0.4 is 10.6 Å². The fourth-order valence-electron chi connectivity index (χ4n) is 0.660. The Morgan fingerprint density at radius 1 is 0.917 bits per heavy atom. The van der Waals surface area contributed by atoms with Crippen LogP contribution in [0.15, 0.2) is 0 Å². The number of hydrogen-bond acceptors (Lipinski definition) is 6. The van der Waals surface area contributed by atoms with Crippen molar-refractivity contribution in [1.82, 2.24) is 20.4 Å². The molecule has 24 heavy (non-hydrogen) atoms. The molecule has 0 atom stereocenters. The van der Waals surface area contributed by atoms with Gasteiger partial charge < -0.3 is 39.6 Å². The molecule has 0 unspecified atom stereocenters. The molecule has 10 nitrogen and oxygen atoms in total. The van der Waals surface area contributed by atoms with Crippen molar-refractivity contribution in [1.29, 1.82) is 0 Å². The van der Waals surface area contributed by atoms with Gasteiger partial charge in [0.2, 0.25) is 11.8 Å². The van der Waals surface area contributed by atoms with Gasteiger partial charge >= 0.3 is 0 Å². The van der Waals surface area contributed by atoms with Gasteiger partial charge in [0, 0.05) is 46.3 Å². The van der Waals surface area contributed by atoms with Crippen LogP contribution in [0.1, 0.15) is 20.3 Å². The van der Waals surface area contributed by atoms with Gasteiger partial charge in [0.15, 0.2) is 0 Å². The first-order chi connectivity index (χ1) is 10.9. The second-order valence-corrected chi connectivity index (χ2v) is 3.47. The third-order valence-electron chi connectivity index (χ3n) is 1.78. The molecule has 2 N–H and O–H groups in total. The first kappa shape index (κ1) is 30.2. The Morgan fingerprint density at radius 3 is 1.54 bits per heavy atom. The van der Waals surface area contributed by atoms with Gasteiger partial charge in [-0.2, -0.15) is 25.6 Å². The van der Waals surface area contributed by atoms with Gasteiger partial charge in [-0.1, -0.05) is 6.92 Å². The maximum absolute atomic E-state index is 10.6. The monoisotopic (exact) mass is 417 g/mol. The van der Waals surface area contributed by atoms with Crippen molar-refractivity contribution in [2.24, 2.45) is 0 Å². The number of nitrogens with one attached hydrogen (secondary N) is 2. The van der Waals surface area contributed by atoms with E-state index in [1.165, 1.54) is 39.7 Å². The summed E-state index contributed by atoms with van der Waals surface area (Å²) in [4.78, 5) is 60.1. The van der Waals surface area contributed by atoms with Crippen LogP contribution >= 0.6 is 0 Å². The van der Waals surface area contributed by atoms with E-state index in [2.05, 4.69) is 10.6 Å². The van der Waals surface area contributed by atoms with E-state index in [0.29, 0.717) is 18.0 Å². The molecule has 0 aromatic carbocycles. The first-order valence-electron chi connectivity index (χ1n) is 6.36. The van der Waals surface area contributed by atoms with Gasteiger partial charge in [0.1, 0.15) is 6.42 Å². The zero-order chi connectivity index (χ0) is 18.7. The zero-order valence-electron chi connectivity index (χ0n) is 14.0. The number of hydrogen-bond donors (Lipinski definition) is 2. The van der Waals surface area contributed by atoms with Gasteiger partial charge in [-0.3, -0.25) is 9.59 Å². The maximum Gasteiger partial charge on any atom is 0.229 e. The molecule has 0 aliphatic heterocycles. The summed E-state index contributed by atoms with van der Waals surface area (Å²) in [6.07, 6.45) is 5.19. The van der Waals surface area contributed by atoms with Crippen LogP contribution in [0.5, 0.6) is 0 Å². The average molecular weight is 417 g/mol. The number of imide groups is 2. The van der Waals surface area contributed by atoms with Crippen LogP contribution in [0.4, 0.5) is 0 Å². The molecule has 0 rings (SSSR count). The van der Waals surface area contributed by atoms with Gasteiger partial charge in [-0.25, -0.2) is 0 Å². The zero-order valence-corrected chi connectivity index (χ0v) is 16.9. The number of carbonyl (C=O) groups excluding carboxylic acids is 6. The summed E-state index contributed by atoms with van der Waals surface area (Å²) in [5.41, 5.74) is 0. The standard InChI is InChI=1S/C6H12N2O2.C4H5NO2.C3H3NO2.Y/c1-3-8-6(10)4-5(9)7-2;1-2-5(3-6)4-7;1-4(2-5)3-6;/h3-4H2,1-2H3,(H,7,9)(H,8,10);2H2,1H3;1H3;/q;2*-2;. The summed E-state index contributed by atoms with van der Waals surface area (Å²) in [5, 5.41) is 4.87. The molecule has 0 spiro atoms. The molecule has 0 aromatic heterocycles. The minimum atomic E-state index is -0.258. The molecule has 0 saturated heterocycles. The van der Waals surface area contributed by atoms with Gasteiger partial charge in [-0.05, 0) is 20.5 Å². The minimum absolute atomic E-state index is 0. The van der Waals surface area contributed by atoms with E-state index < -0.39 is 0 Å². The molecule has 0 aliphatic rings. The number of amides is 6. The first-order valence-corrected chi connectivity index (χ1v) is 6.36. The number of rotatable bonds is 8. The van der Waals surface area contributed by atoms with Crippen molar-refractivity contribution in [3.05, 3.63) is 0 Å². The van der Waals surface area contributed by atoms with Crippen LogP contribution in [0.25, 0.3) is 0 Å². The summed E-state index contributed by atoms with van der Waals surface area (Å²) in [7, 11) is 2.77. The van der Waals surface area contributed by atoms with Crippen LogP contribution in [-0.2, 0) is 61.5 Å². The molecule has 0 bridgehead atoms. The Morgan fingerprint density at radius 2 is 1.38 bits per heavy atom. The second-order valence-electron chi connectivity index (χ2n) is 3.47. The Labute approximate surface area is 166 Å². The van der Waals surface area contributed by atoms with Crippen molar-refractivity contribution >= 4 is 37.5 Å². The SMILES string of the molecule is CCN([C-]=O)[C-]=O.CCNC(=O)CC(=O)NC.CN([C-]=O)[C-]=O.[Y]. The summed E-state index contributed by atoms with van der Waals surface area (Å²) < 4.78 is 0. The number of carbonyl (C=O) groups is 2. The molecule has 0 aliphatic carbocycles. The van der Waals surface area contributed by atoms with Crippen molar-refractivity contribution < 1.29 is 61.5 Å². The summed E-state index contributed by atoms with van der Waals surface area (Å²) in [5.74, 6) is -0.493. The van der Waals surface area contributed by atoms with Gasteiger partial charge in [0.05, 0.1) is 0 Å². The Bertz CT molecular complexity index is 365. The molecule has 6 amide bonds. The second kappa shape index (κ2) is 23.6. The number of nitrogens with zero attached hydrogens (tertiary/aromatic N) is 2. The van der Waals surface area contributed by atoms with Crippen molar-refractivity contribution in [3.8, 4) is 0 Å². The minimum Gasteiger partial charge on any atom is -0.639 e. The summed E-state index contributed by atoms with van der Waals surface area (Å²) in [6.45, 7) is 4.38. The topological polar surface area (TPSA) is 133 Å². The fourth-order valence-corrected chi connectivity index (χ4v) is 0.660. The van der Waals surface area contributed by atoms with E-state index in [1.54, 1.807) is 6.92 Å². The molecule has 0 aromatic rings. The van der Waals surface area contributed by atoms with E-state index in [9.17, 15) is 28.8 Å². The van der Waals surface area contributed by atoms with Crippen molar-refractivity contribution in [2.75, 3.05) is 27.2 Å². The maximum atomic E-state index is 10.6. The van der Waals surface area contributed by atoms with Crippen LogP contribution in [-0.4, -0.2) is 74.4 Å². The summed E-state index contributed by atoms with van der Waals surface area (Å²) >= 11 is 0. The van der Waals surface area contributed by atoms with E-state index >= 15 is 0 Å².